The number of nitrogens with zero attached hydrogens (tertiary/aromatic N) is 6. The van der Waals surface area contributed by atoms with E-state index in [2.05, 4.69) is 141 Å². The van der Waals surface area contributed by atoms with Gasteiger partial charge in [-0.25, -0.2) is 4.98 Å². The number of thiocarbonyl (C=S) groups is 1. The molecule has 19 heteroatoms. The Morgan fingerprint density at radius 3 is 1.35 bits per heavy atom. The molecule has 79 heavy (non-hydrogen) atoms. The maximum absolute atomic E-state index is 12.8. The van der Waals surface area contributed by atoms with E-state index in [0.29, 0.717) is 59.4 Å². The van der Waals surface area contributed by atoms with Crippen LogP contribution in [0.2, 0.25) is 0 Å². The Hall–Kier alpha value is -8.89. The summed E-state index contributed by atoms with van der Waals surface area (Å²) >= 11 is 3.70. The van der Waals surface area contributed by atoms with E-state index in [9.17, 15) is 27.6 Å². The monoisotopic (exact) mass is 1170 g/mol. The summed E-state index contributed by atoms with van der Waals surface area (Å²) < 4.78 is 52.2. The van der Waals surface area contributed by atoms with Gasteiger partial charge >= 0.3 is 25.7 Å². The predicted octanol–water partition coefficient (Wildman–Crippen LogP) is 15.1. The van der Waals surface area contributed by atoms with Crippen molar-refractivity contribution in [3.05, 3.63) is 209 Å². The fraction of sp³-hybridized carbons (Fsp3) is 0.150. The molecule has 0 amide bonds. The topological polar surface area (TPSA) is 204 Å². The molecule has 4 heterocycles. The van der Waals surface area contributed by atoms with Crippen LogP contribution in [0.1, 0.15) is 75.1 Å². The molecule has 0 aliphatic carbocycles. The van der Waals surface area contributed by atoms with Crippen LogP contribution < -0.4 is 4.90 Å². The molecule has 7 rings (SSSR count). The van der Waals surface area contributed by atoms with E-state index < -0.39 is 17.6 Å². The Morgan fingerprint density at radius 1 is 0.582 bits per heavy atom. The normalized spacial score (nSPS) is 11.5. The SMILES string of the molecule is CC(C)(C)c1ccc(N(c2ccc(-c3ccnc(/C([NH-])=C/C(=N)C(F)(F)F)c3)cc2)c2ccc(C(C)(C)C)cc2)cc1.O=CO/C=C/c1ccnc(-c2cc(/C=C/OC=O)cc(-c3cc(/C=C/OC=O)ccn3)n2)c1.[N-]=C=S.[Ru+2]. The first-order chi connectivity index (χ1) is 37.2. The van der Waals surface area contributed by atoms with Crippen LogP contribution in [0.5, 0.6) is 0 Å². The number of hydrogen-bond donors (Lipinski definition) is 1. The number of benzene rings is 3. The summed E-state index contributed by atoms with van der Waals surface area (Å²) in [6.07, 6.45) is 8.93. The smallest absolute Gasteiger partial charge is 0.753 e. The van der Waals surface area contributed by atoms with Crippen molar-refractivity contribution in [1.29, 1.82) is 5.41 Å². The number of anilines is 3. The molecule has 0 fully saturated rings. The summed E-state index contributed by atoms with van der Waals surface area (Å²) in [5.74, 6) is 0. The predicted molar refractivity (Wildman–Crippen MR) is 303 cm³/mol. The largest absolute Gasteiger partial charge is 2.00 e. The number of rotatable bonds is 17. The van der Waals surface area contributed by atoms with E-state index in [0.717, 1.165) is 33.8 Å². The van der Waals surface area contributed by atoms with Gasteiger partial charge in [0.2, 0.25) is 0 Å². The van der Waals surface area contributed by atoms with Gasteiger partial charge in [0.15, 0.2) is 0 Å². The van der Waals surface area contributed by atoms with Crippen LogP contribution in [-0.4, -0.2) is 56.4 Å². The van der Waals surface area contributed by atoms with Gasteiger partial charge in [0.05, 0.1) is 41.6 Å². The van der Waals surface area contributed by atoms with Gasteiger partial charge in [-0.15, -0.1) is 5.70 Å². The molecular formula is C60H53F3N8O6RuS. The Labute approximate surface area is 474 Å². The van der Waals surface area contributed by atoms with Crippen molar-refractivity contribution >= 4 is 83.5 Å². The number of ether oxygens (including phenoxy) is 3. The van der Waals surface area contributed by atoms with Crippen molar-refractivity contribution in [2.24, 2.45) is 0 Å². The van der Waals surface area contributed by atoms with Crippen LogP contribution >= 0.6 is 12.2 Å². The molecule has 0 aliphatic heterocycles. The molecule has 3 aromatic carbocycles. The van der Waals surface area contributed by atoms with E-state index >= 15 is 0 Å². The zero-order valence-electron chi connectivity index (χ0n) is 43.6. The summed E-state index contributed by atoms with van der Waals surface area (Å²) in [4.78, 5) is 50.8. The second-order valence-corrected chi connectivity index (χ2v) is 18.9. The number of halogens is 3. The van der Waals surface area contributed by atoms with Gasteiger partial charge in [-0.2, -0.15) is 18.3 Å². The first-order valence-corrected chi connectivity index (χ1v) is 24.0. The Balaban J connectivity index is 0.000000329. The van der Waals surface area contributed by atoms with E-state index in [4.69, 9.17) is 16.6 Å². The molecule has 0 bridgehead atoms. The molecule has 0 spiro atoms. The summed E-state index contributed by atoms with van der Waals surface area (Å²) in [5.41, 5.74) is 17.5. The minimum Gasteiger partial charge on any atom is -0.753 e. The third-order valence-electron chi connectivity index (χ3n) is 11.2. The van der Waals surface area contributed by atoms with Crippen molar-refractivity contribution in [2.45, 2.75) is 58.5 Å². The average molecular weight is 1170 g/mol. The van der Waals surface area contributed by atoms with Crippen molar-refractivity contribution < 1.29 is 61.2 Å². The number of pyridine rings is 4. The molecule has 2 N–H and O–H groups in total. The second kappa shape index (κ2) is 29.6. The summed E-state index contributed by atoms with van der Waals surface area (Å²) in [5, 5.41) is 15.6. The van der Waals surface area contributed by atoms with Crippen LogP contribution in [0.15, 0.2) is 165 Å². The van der Waals surface area contributed by atoms with E-state index in [-0.39, 0.29) is 36.0 Å². The Morgan fingerprint density at radius 2 is 0.962 bits per heavy atom. The van der Waals surface area contributed by atoms with Crippen molar-refractivity contribution in [3.8, 4) is 33.9 Å². The number of carbonyl (C=O) groups is 3. The molecule has 4 aromatic heterocycles. The fourth-order valence-corrected chi connectivity index (χ4v) is 7.27. The standard InChI is InChI=1S/C35H36F3N4.C24H17N3O6.CNS.Ru/c1-33(2,3)25-9-15-28(16-10-25)42(29-17-11-26(12-18-29)34(4,5)6)27-13-7-23(8-14-27)24-19-20-41-31(21-24)30(39)22-32(40)35(36,37)38;28-15-31-8-3-18-1-6-25-21(11-18)23-13-20(5-10-33-17-30)14-24(27-23)22-12-19(2-7-26-22)4-9-32-16-29;2-1-3;/h7-22,39-40H,1-6H3;1-17H;;/q-1;;-1;+2/b30-22-,40-32?;8-3+,9-4+,10-5+;;. The van der Waals surface area contributed by atoms with Crippen molar-refractivity contribution in [2.75, 3.05) is 4.90 Å². The molecule has 14 nitrogen and oxygen atoms in total. The molecule has 0 saturated heterocycles. The van der Waals surface area contributed by atoms with Crippen LogP contribution in [0.4, 0.5) is 30.2 Å². The maximum Gasteiger partial charge on any atom is 2.00 e. The first-order valence-electron chi connectivity index (χ1n) is 23.6. The quantitative estimate of drug-likeness (QED) is 0.0226. The molecule has 0 aliphatic rings. The Kier molecular flexibility index (Phi) is 23.5. The van der Waals surface area contributed by atoms with Crippen molar-refractivity contribution in [1.82, 2.24) is 19.9 Å². The average Bonchev–Trinajstić information content (AvgIpc) is 3.44. The summed E-state index contributed by atoms with van der Waals surface area (Å²) in [6.45, 7) is 14.1. The number of aromatic nitrogens is 4. The first kappa shape index (κ1) is 62.7. The van der Waals surface area contributed by atoms with Crippen molar-refractivity contribution in [3.63, 3.8) is 0 Å². The van der Waals surface area contributed by atoms with Gasteiger partial charge in [-0.3, -0.25) is 34.7 Å². The number of alkyl halides is 3. The van der Waals surface area contributed by atoms with E-state index in [1.807, 2.05) is 24.3 Å². The molecule has 0 radical (unpaired) electrons. The van der Waals surface area contributed by atoms with Gasteiger partial charge in [-0.1, -0.05) is 90.2 Å². The van der Waals surface area contributed by atoms with E-state index in [1.165, 1.54) is 41.3 Å². The second-order valence-electron chi connectivity index (χ2n) is 18.7. The number of hydrogen-bond acceptors (Lipinski definition) is 13. The summed E-state index contributed by atoms with van der Waals surface area (Å²) in [6, 6.07) is 38.9. The third-order valence-corrected chi connectivity index (χ3v) is 11.2. The zero-order valence-corrected chi connectivity index (χ0v) is 46.1. The minimum absolute atomic E-state index is 0. The molecular weight excluding hydrogens is 1120 g/mol. The molecule has 404 valence electrons. The fourth-order valence-electron chi connectivity index (χ4n) is 7.27. The van der Waals surface area contributed by atoms with Crippen LogP contribution in [0.25, 0.3) is 69.0 Å². The van der Waals surface area contributed by atoms with E-state index in [1.54, 1.807) is 79.2 Å². The van der Waals surface area contributed by atoms with Crippen LogP contribution in [0, 0.1) is 5.41 Å². The minimum atomic E-state index is -4.81. The maximum atomic E-state index is 12.8. The number of allylic oxidation sites excluding steroid dienone is 1. The van der Waals surface area contributed by atoms with Gasteiger partial charge in [0.25, 0.3) is 19.4 Å². The zero-order chi connectivity index (χ0) is 56.9. The number of isothiocyanates is 1. The summed E-state index contributed by atoms with van der Waals surface area (Å²) in [7, 11) is 0. The number of nitrogens with one attached hydrogen (secondary N) is 2. The molecule has 0 atom stereocenters. The third kappa shape index (κ3) is 19.0. The van der Waals surface area contributed by atoms with Gasteiger partial charge in [-0.05, 0) is 159 Å². The van der Waals surface area contributed by atoms with Crippen LogP contribution in [-0.2, 0) is 58.9 Å². The van der Waals surface area contributed by atoms with Gasteiger partial charge < -0.3 is 30.3 Å². The van der Waals surface area contributed by atoms with Gasteiger partial charge in [0, 0.05) is 41.3 Å². The molecule has 0 unspecified atom stereocenters. The van der Waals surface area contributed by atoms with Crippen LogP contribution in [0.3, 0.4) is 0 Å². The Bertz CT molecular complexity index is 3210. The molecule has 7 aromatic rings. The molecule has 0 saturated carbocycles. The van der Waals surface area contributed by atoms with Gasteiger partial charge in [0.1, 0.15) is 5.71 Å². The number of carbonyl (C=O) groups excluding carboxylic acids is 3.